The Hall–Kier alpha value is -0.130. The molecule has 0 saturated heterocycles. The number of hydrogen-bond acceptors (Lipinski definition) is 2. The Balaban J connectivity index is 0.000001000. The van der Waals surface area contributed by atoms with Gasteiger partial charge in [-0.15, -0.1) is 0 Å². The highest BCUT2D eigenvalue weighted by molar-refractivity contribution is 5.77. The van der Waals surface area contributed by atoms with Crippen LogP contribution in [0, 0.1) is 5.92 Å². The average molecular weight is 226 g/mol. The number of carboxylic acids is 1. The molecule has 0 aromatic carbocycles. The molecule has 0 aromatic rings. The minimum absolute atomic E-state index is 0. The van der Waals surface area contributed by atoms with E-state index in [1.54, 1.807) is 0 Å². The lowest BCUT2D eigenvalue weighted by Crippen LogP contribution is -3.00. The van der Waals surface area contributed by atoms with Crippen LogP contribution in [0.1, 0.15) is 12.8 Å². The van der Waals surface area contributed by atoms with Crippen LogP contribution in [0.15, 0.2) is 0 Å². The van der Waals surface area contributed by atoms with Crippen molar-refractivity contribution in [2.24, 2.45) is 5.92 Å². The number of carboxylic acid groups (broad SMARTS) is 1. The van der Waals surface area contributed by atoms with Crippen molar-refractivity contribution in [3.63, 3.8) is 0 Å². The van der Waals surface area contributed by atoms with Gasteiger partial charge in [0, 0.05) is 19.4 Å². The van der Waals surface area contributed by atoms with E-state index in [0.29, 0.717) is 12.8 Å². The van der Waals surface area contributed by atoms with Gasteiger partial charge in [0.05, 0.1) is 0 Å². The van der Waals surface area contributed by atoms with E-state index in [1.165, 1.54) is 0 Å². The highest BCUT2D eigenvalue weighted by Crippen LogP contribution is 2.33. The predicted molar refractivity (Wildman–Crippen MR) is 33.1 cm³/mol. The molecule has 0 radical (unpaired) electrons. The number of aliphatic hydroxyl groups excluding tert-OH is 1. The van der Waals surface area contributed by atoms with Crippen molar-refractivity contribution in [2.45, 2.75) is 18.4 Å². The molecular formula is C6H12BrNO3. The van der Waals surface area contributed by atoms with Crippen LogP contribution in [0.4, 0.5) is 0 Å². The molecule has 1 aliphatic rings. The third kappa shape index (κ3) is 1.91. The van der Waals surface area contributed by atoms with E-state index >= 15 is 0 Å². The van der Waals surface area contributed by atoms with E-state index in [-0.39, 0.29) is 29.5 Å². The van der Waals surface area contributed by atoms with Crippen molar-refractivity contribution in [2.75, 3.05) is 6.61 Å². The first kappa shape index (κ1) is 10.9. The molecule has 5 N–H and O–H groups in total. The normalized spacial score (nSPS) is 35.3. The van der Waals surface area contributed by atoms with Crippen LogP contribution < -0.4 is 22.7 Å². The van der Waals surface area contributed by atoms with Crippen molar-refractivity contribution in [3.8, 4) is 0 Å². The first-order chi connectivity index (χ1) is 4.58. The van der Waals surface area contributed by atoms with Crippen molar-refractivity contribution in [3.05, 3.63) is 0 Å². The molecule has 1 saturated carbocycles. The third-order valence-electron chi connectivity index (χ3n) is 2.07. The molecular weight excluding hydrogens is 214 g/mol. The fraction of sp³-hybridized carbons (Fsp3) is 0.833. The second-order valence-electron chi connectivity index (χ2n) is 3.04. The lowest BCUT2D eigenvalue weighted by atomic mass is 9.69. The predicted octanol–water partition coefficient (Wildman–Crippen LogP) is -4.54. The summed E-state index contributed by atoms with van der Waals surface area (Å²) < 4.78 is 0. The van der Waals surface area contributed by atoms with Crippen molar-refractivity contribution < 1.29 is 37.7 Å². The second-order valence-corrected chi connectivity index (χ2v) is 3.04. The zero-order chi connectivity index (χ0) is 7.78. The van der Waals surface area contributed by atoms with Gasteiger partial charge in [-0.2, -0.15) is 0 Å². The molecule has 0 bridgehead atoms. The molecule has 11 heavy (non-hydrogen) atoms. The fourth-order valence-electron chi connectivity index (χ4n) is 1.35. The van der Waals surface area contributed by atoms with Gasteiger partial charge in [0.1, 0.15) is 0 Å². The molecule has 0 heterocycles. The summed E-state index contributed by atoms with van der Waals surface area (Å²) in [6.07, 6.45) is 1.03. The van der Waals surface area contributed by atoms with Gasteiger partial charge >= 0.3 is 5.97 Å². The van der Waals surface area contributed by atoms with Gasteiger partial charge in [0.2, 0.25) is 0 Å². The summed E-state index contributed by atoms with van der Waals surface area (Å²) in [5, 5.41) is 17.1. The smallest absolute Gasteiger partial charge is 0.365 e. The Labute approximate surface area is 75.2 Å². The molecule has 0 amide bonds. The number of carbonyl (C=O) groups is 1. The van der Waals surface area contributed by atoms with Crippen molar-refractivity contribution >= 4 is 5.97 Å². The highest BCUT2D eigenvalue weighted by Gasteiger charge is 2.50. The second kappa shape index (κ2) is 3.51. The summed E-state index contributed by atoms with van der Waals surface area (Å²) >= 11 is 0. The number of aliphatic hydroxyl groups is 1. The minimum Gasteiger partial charge on any atom is -1.00 e. The fourth-order valence-corrected chi connectivity index (χ4v) is 1.35. The summed E-state index contributed by atoms with van der Waals surface area (Å²) in [4.78, 5) is 10.4. The van der Waals surface area contributed by atoms with E-state index in [4.69, 9.17) is 10.2 Å². The molecule has 1 aliphatic carbocycles. The Kier molecular flexibility index (Phi) is 3.47. The summed E-state index contributed by atoms with van der Waals surface area (Å²) in [5.74, 6) is -0.689. The van der Waals surface area contributed by atoms with Crippen LogP contribution in [0.3, 0.4) is 0 Å². The topological polar surface area (TPSA) is 85.2 Å². The maximum absolute atomic E-state index is 10.4. The van der Waals surface area contributed by atoms with Crippen LogP contribution >= 0.6 is 0 Å². The lowest BCUT2D eigenvalue weighted by molar-refractivity contribution is -0.489. The number of halogens is 1. The van der Waals surface area contributed by atoms with Gasteiger partial charge in [-0.3, -0.25) is 0 Å². The SMILES string of the molecule is [Br-].[NH3+]C1(C(=O)O)CC(CO)C1. The van der Waals surface area contributed by atoms with Crippen LogP contribution in [-0.2, 0) is 4.79 Å². The minimum atomic E-state index is -0.850. The number of hydrogen-bond donors (Lipinski definition) is 3. The molecule has 0 aromatic heterocycles. The largest absolute Gasteiger partial charge is 1.00 e. The Morgan fingerprint density at radius 1 is 1.64 bits per heavy atom. The summed E-state index contributed by atoms with van der Waals surface area (Å²) in [6, 6.07) is 0. The quantitative estimate of drug-likeness (QED) is 0.443. The average Bonchev–Trinajstić information content (AvgIpc) is 1.80. The molecule has 0 aliphatic heterocycles. The maximum atomic E-state index is 10.4. The summed E-state index contributed by atoms with van der Waals surface area (Å²) in [6.45, 7) is 0.0878. The molecule has 1 rings (SSSR count). The number of quaternary nitrogens is 1. The van der Waals surface area contributed by atoms with Gasteiger partial charge in [-0.1, -0.05) is 0 Å². The van der Waals surface area contributed by atoms with Crippen LogP contribution in [0.25, 0.3) is 0 Å². The van der Waals surface area contributed by atoms with E-state index in [2.05, 4.69) is 5.73 Å². The van der Waals surface area contributed by atoms with E-state index in [9.17, 15) is 4.79 Å². The highest BCUT2D eigenvalue weighted by atomic mass is 79.9. The molecule has 66 valence electrons. The molecule has 1 fully saturated rings. The van der Waals surface area contributed by atoms with Gasteiger partial charge in [-0.05, 0) is 5.92 Å². The van der Waals surface area contributed by atoms with Gasteiger partial charge in [0.25, 0.3) is 0 Å². The Bertz CT molecular complexity index is 156. The molecule has 0 spiro atoms. The van der Waals surface area contributed by atoms with Crippen molar-refractivity contribution in [1.29, 1.82) is 0 Å². The summed E-state index contributed by atoms with van der Waals surface area (Å²) in [5.41, 5.74) is 2.76. The van der Waals surface area contributed by atoms with E-state index in [0.717, 1.165) is 0 Å². The summed E-state index contributed by atoms with van der Waals surface area (Å²) in [7, 11) is 0. The van der Waals surface area contributed by atoms with Gasteiger partial charge < -0.3 is 32.9 Å². The molecule has 5 heteroatoms. The first-order valence-electron chi connectivity index (χ1n) is 3.28. The van der Waals surface area contributed by atoms with Crippen molar-refractivity contribution in [1.82, 2.24) is 0 Å². The molecule has 0 unspecified atom stereocenters. The Morgan fingerprint density at radius 3 is 2.36 bits per heavy atom. The maximum Gasteiger partial charge on any atom is 0.365 e. The van der Waals surface area contributed by atoms with Crippen LogP contribution in [0.2, 0.25) is 0 Å². The van der Waals surface area contributed by atoms with Gasteiger partial charge in [-0.25, -0.2) is 4.79 Å². The standard InChI is InChI=1S/C6H11NO3.BrH/c7-6(5(9)10)1-4(2-6)3-8;/h4,8H,1-3,7H2,(H,9,10);1H. The monoisotopic (exact) mass is 225 g/mol. The van der Waals surface area contributed by atoms with E-state index < -0.39 is 11.5 Å². The van der Waals surface area contributed by atoms with Crippen LogP contribution in [-0.4, -0.2) is 28.3 Å². The molecule has 0 atom stereocenters. The number of aliphatic carboxylic acids is 1. The zero-order valence-electron chi connectivity index (χ0n) is 6.09. The zero-order valence-corrected chi connectivity index (χ0v) is 7.67. The first-order valence-corrected chi connectivity index (χ1v) is 3.28. The molecule has 4 nitrogen and oxygen atoms in total. The number of rotatable bonds is 2. The van der Waals surface area contributed by atoms with Gasteiger partial charge in [0.15, 0.2) is 5.54 Å². The van der Waals surface area contributed by atoms with E-state index in [1.807, 2.05) is 0 Å². The van der Waals surface area contributed by atoms with Crippen LogP contribution in [0.5, 0.6) is 0 Å². The third-order valence-corrected chi connectivity index (χ3v) is 2.07. The lowest BCUT2D eigenvalue weighted by Gasteiger charge is -2.36. The Morgan fingerprint density at radius 2 is 2.09 bits per heavy atom.